The second-order valence-corrected chi connectivity index (χ2v) is 3.67. The summed E-state index contributed by atoms with van der Waals surface area (Å²) in [6.45, 7) is 8.32. The molecule has 0 heterocycles. The van der Waals surface area contributed by atoms with E-state index in [9.17, 15) is 4.79 Å². The van der Waals surface area contributed by atoms with Gasteiger partial charge in [0.2, 0.25) is 0 Å². The Kier molecular flexibility index (Phi) is 5.18. The predicted octanol–water partition coefficient (Wildman–Crippen LogP) is 3.04. The Labute approximate surface area is 70.2 Å². The summed E-state index contributed by atoms with van der Waals surface area (Å²) in [4.78, 5) is 11.2. The summed E-state index contributed by atoms with van der Waals surface area (Å²) < 4.78 is 0. The van der Waals surface area contributed by atoms with Crippen LogP contribution in [0.25, 0.3) is 0 Å². The minimum absolute atomic E-state index is 0.221. The normalized spacial score (nSPS) is 13.5. The predicted molar refractivity (Wildman–Crippen MR) is 48.5 cm³/mol. The van der Waals surface area contributed by atoms with Gasteiger partial charge >= 0.3 is 0 Å². The van der Waals surface area contributed by atoms with E-state index in [2.05, 4.69) is 13.8 Å². The third-order valence-electron chi connectivity index (χ3n) is 2.22. The van der Waals surface area contributed by atoms with Crippen LogP contribution in [-0.2, 0) is 4.79 Å². The Morgan fingerprint density at radius 3 is 2.18 bits per heavy atom. The Morgan fingerprint density at radius 1 is 1.27 bits per heavy atom. The Hall–Kier alpha value is -0.330. The van der Waals surface area contributed by atoms with Crippen LogP contribution in [0.15, 0.2) is 0 Å². The summed E-state index contributed by atoms with van der Waals surface area (Å²) in [6.07, 6.45) is 3.02. The van der Waals surface area contributed by atoms with Crippen molar-refractivity contribution in [1.29, 1.82) is 0 Å². The average Bonchev–Trinajstić information content (AvgIpc) is 1.99. The highest BCUT2D eigenvalue weighted by atomic mass is 16.1. The second-order valence-electron chi connectivity index (χ2n) is 3.67. The highest BCUT2D eigenvalue weighted by Crippen LogP contribution is 2.11. The van der Waals surface area contributed by atoms with E-state index in [0.29, 0.717) is 11.7 Å². The molecular formula is C10H20O. The molecule has 0 bridgehead atoms. The lowest BCUT2D eigenvalue weighted by atomic mass is 9.97. The fraction of sp³-hybridized carbons (Fsp3) is 0.900. The first-order valence-corrected chi connectivity index (χ1v) is 4.60. The zero-order valence-electron chi connectivity index (χ0n) is 8.18. The molecule has 0 amide bonds. The number of carbonyl (C=O) groups excluding carboxylic acids is 1. The van der Waals surface area contributed by atoms with Gasteiger partial charge in [0.15, 0.2) is 0 Å². The van der Waals surface area contributed by atoms with Crippen LogP contribution in [0, 0.1) is 11.8 Å². The molecule has 0 aromatic heterocycles. The Bertz CT molecular complexity index is 116. The summed E-state index contributed by atoms with van der Waals surface area (Å²) in [5, 5.41) is 0. The third kappa shape index (κ3) is 5.00. The van der Waals surface area contributed by atoms with E-state index in [1.807, 2.05) is 13.8 Å². The minimum Gasteiger partial charge on any atom is -0.299 e. The molecule has 0 aliphatic carbocycles. The average molecular weight is 156 g/mol. The molecule has 0 N–H and O–H groups in total. The van der Waals surface area contributed by atoms with Gasteiger partial charge in [-0.1, -0.05) is 34.1 Å². The topological polar surface area (TPSA) is 17.1 Å². The van der Waals surface area contributed by atoms with E-state index in [-0.39, 0.29) is 5.92 Å². The maximum atomic E-state index is 11.2. The van der Waals surface area contributed by atoms with Crippen LogP contribution < -0.4 is 0 Å². The molecule has 66 valence electrons. The van der Waals surface area contributed by atoms with Gasteiger partial charge in [-0.2, -0.15) is 0 Å². The molecule has 1 unspecified atom stereocenters. The fourth-order valence-electron chi connectivity index (χ4n) is 0.881. The summed E-state index contributed by atoms with van der Waals surface area (Å²) >= 11 is 0. The molecule has 11 heavy (non-hydrogen) atoms. The molecule has 1 nitrogen and oxygen atoms in total. The van der Waals surface area contributed by atoms with Crippen molar-refractivity contribution in [3.05, 3.63) is 0 Å². The monoisotopic (exact) mass is 156 g/mol. The maximum absolute atomic E-state index is 11.2. The molecule has 0 aliphatic heterocycles. The SMILES string of the molecule is CCC(C)CCC(=O)C(C)C. The smallest absolute Gasteiger partial charge is 0.135 e. The first-order valence-electron chi connectivity index (χ1n) is 4.60. The van der Waals surface area contributed by atoms with Gasteiger partial charge in [-0.25, -0.2) is 0 Å². The van der Waals surface area contributed by atoms with Gasteiger partial charge in [-0.05, 0) is 12.3 Å². The fourth-order valence-corrected chi connectivity index (χ4v) is 0.881. The van der Waals surface area contributed by atoms with Gasteiger partial charge in [0.25, 0.3) is 0 Å². The summed E-state index contributed by atoms with van der Waals surface area (Å²) in [7, 11) is 0. The number of carbonyl (C=O) groups is 1. The van der Waals surface area contributed by atoms with Crippen molar-refractivity contribution < 1.29 is 4.79 Å². The van der Waals surface area contributed by atoms with Gasteiger partial charge in [0, 0.05) is 12.3 Å². The Morgan fingerprint density at radius 2 is 1.82 bits per heavy atom. The zero-order chi connectivity index (χ0) is 8.85. The maximum Gasteiger partial charge on any atom is 0.135 e. The first kappa shape index (κ1) is 10.7. The van der Waals surface area contributed by atoms with Crippen molar-refractivity contribution in [3.8, 4) is 0 Å². The van der Waals surface area contributed by atoms with Crippen molar-refractivity contribution in [3.63, 3.8) is 0 Å². The van der Waals surface area contributed by atoms with Crippen molar-refractivity contribution in [2.45, 2.75) is 47.0 Å². The summed E-state index contributed by atoms with van der Waals surface area (Å²) in [5.41, 5.74) is 0. The summed E-state index contributed by atoms with van der Waals surface area (Å²) in [6, 6.07) is 0. The van der Waals surface area contributed by atoms with E-state index in [4.69, 9.17) is 0 Å². The molecule has 0 rings (SSSR count). The van der Waals surface area contributed by atoms with E-state index >= 15 is 0 Å². The van der Waals surface area contributed by atoms with Crippen molar-refractivity contribution in [1.82, 2.24) is 0 Å². The zero-order valence-corrected chi connectivity index (χ0v) is 8.18. The molecule has 0 fully saturated rings. The number of hydrogen-bond acceptors (Lipinski definition) is 1. The van der Waals surface area contributed by atoms with Crippen molar-refractivity contribution >= 4 is 5.78 Å². The van der Waals surface area contributed by atoms with E-state index in [0.717, 1.165) is 12.8 Å². The van der Waals surface area contributed by atoms with Crippen LogP contribution in [0.2, 0.25) is 0 Å². The van der Waals surface area contributed by atoms with E-state index < -0.39 is 0 Å². The van der Waals surface area contributed by atoms with Crippen LogP contribution in [0.3, 0.4) is 0 Å². The number of hydrogen-bond donors (Lipinski definition) is 0. The van der Waals surface area contributed by atoms with Gasteiger partial charge in [0.05, 0.1) is 0 Å². The molecule has 0 spiro atoms. The molecule has 0 radical (unpaired) electrons. The molecule has 1 heteroatoms. The van der Waals surface area contributed by atoms with Crippen LogP contribution >= 0.6 is 0 Å². The number of Topliss-reactive ketones (excluding diaryl/α,β-unsaturated/α-hetero) is 1. The summed E-state index contributed by atoms with van der Waals surface area (Å²) in [5.74, 6) is 1.34. The lowest BCUT2D eigenvalue weighted by molar-refractivity contribution is -0.122. The number of rotatable bonds is 5. The van der Waals surface area contributed by atoms with Crippen LogP contribution in [0.1, 0.15) is 47.0 Å². The van der Waals surface area contributed by atoms with Crippen LogP contribution in [0.4, 0.5) is 0 Å². The molecule has 1 atom stereocenters. The minimum atomic E-state index is 0.221. The van der Waals surface area contributed by atoms with Gasteiger partial charge < -0.3 is 0 Å². The van der Waals surface area contributed by atoms with Crippen molar-refractivity contribution in [2.75, 3.05) is 0 Å². The van der Waals surface area contributed by atoms with Crippen LogP contribution in [0.5, 0.6) is 0 Å². The molecule has 0 aliphatic rings. The first-order chi connectivity index (χ1) is 5.07. The Balaban J connectivity index is 3.46. The second kappa shape index (κ2) is 5.34. The quantitative estimate of drug-likeness (QED) is 0.598. The molecule has 0 aromatic carbocycles. The highest BCUT2D eigenvalue weighted by Gasteiger charge is 2.08. The highest BCUT2D eigenvalue weighted by molar-refractivity contribution is 5.80. The largest absolute Gasteiger partial charge is 0.299 e. The van der Waals surface area contributed by atoms with E-state index in [1.165, 1.54) is 6.42 Å². The van der Waals surface area contributed by atoms with Gasteiger partial charge in [-0.15, -0.1) is 0 Å². The van der Waals surface area contributed by atoms with Crippen LogP contribution in [-0.4, -0.2) is 5.78 Å². The lowest BCUT2D eigenvalue weighted by Crippen LogP contribution is -2.08. The number of ketones is 1. The molecule has 0 saturated heterocycles. The third-order valence-corrected chi connectivity index (χ3v) is 2.22. The van der Waals surface area contributed by atoms with Gasteiger partial charge in [-0.3, -0.25) is 4.79 Å². The van der Waals surface area contributed by atoms with E-state index in [1.54, 1.807) is 0 Å². The molecular weight excluding hydrogens is 136 g/mol. The standard InChI is InChI=1S/C10H20O/c1-5-9(4)6-7-10(11)8(2)3/h8-9H,5-7H2,1-4H3. The molecule has 0 saturated carbocycles. The lowest BCUT2D eigenvalue weighted by Gasteiger charge is -2.08. The van der Waals surface area contributed by atoms with Gasteiger partial charge in [0.1, 0.15) is 5.78 Å². The van der Waals surface area contributed by atoms with Crippen molar-refractivity contribution in [2.24, 2.45) is 11.8 Å². The molecule has 0 aromatic rings.